The highest BCUT2D eigenvalue weighted by molar-refractivity contribution is 7.22. The van der Waals surface area contributed by atoms with Crippen LogP contribution in [0.15, 0.2) is 60.9 Å². The molecule has 0 aliphatic carbocycles. The molecule has 2 heterocycles. The summed E-state index contributed by atoms with van der Waals surface area (Å²) < 4.78 is 47.5. The van der Waals surface area contributed by atoms with Gasteiger partial charge in [-0.2, -0.15) is 13.2 Å². The number of aliphatic carboxylic acids is 2. The zero-order valence-corrected chi connectivity index (χ0v) is 21.7. The number of nitrogens with zero attached hydrogens (tertiary/aromatic N) is 2. The second-order valence-electron chi connectivity index (χ2n) is 8.60. The molecule has 0 bridgehead atoms. The SMILES string of the molecule is C.CC(C)[C@H](NC(=O)c1ccc(-c2ccc(Nc3nc4cnccc4s3)c(F)c2)cc1)C(=O)O.O=C(O)C(F)(F)F. The molecule has 2 aromatic heterocycles. The third-order valence-electron chi connectivity index (χ3n) is 5.34. The molecule has 0 fully saturated rings. The van der Waals surface area contributed by atoms with Gasteiger partial charge >= 0.3 is 18.1 Å². The molecule has 0 saturated carbocycles. The van der Waals surface area contributed by atoms with Crippen LogP contribution in [0.25, 0.3) is 21.3 Å². The molecule has 9 nitrogen and oxygen atoms in total. The lowest BCUT2D eigenvalue weighted by molar-refractivity contribution is -0.192. The molecular formula is C27H26F4N4O5S. The highest BCUT2D eigenvalue weighted by Crippen LogP contribution is 2.30. The van der Waals surface area contributed by atoms with Crippen molar-refractivity contribution in [3.63, 3.8) is 0 Å². The van der Waals surface area contributed by atoms with Crippen molar-refractivity contribution in [1.82, 2.24) is 15.3 Å². The fourth-order valence-corrected chi connectivity index (χ4v) is 4.14. The van der Waals surface area contributed by atoms with E-state index in [1.54, 1.807) is 62.6 Å². The second kappa shape index (κ2) is 13.7. The van der Waals surface area contributed by atoms with Crippen molar-refractivity contribution in [1.29, 1.82) is 0 Å². The number of rotatable bonds is 7. The minimum absolute atomic E-state index is 0. The van der Waals surface area contributed by atoms with E-state index in [-0.39, 0.29) is 13.3 Å². The van der Waals surface area contributed by atoms with Gasteiger partial charge in [0.15, 0.2) is 5.13 Å². The summed E-state index contributed by atoms with van der Waals surface area (Å²) in [5.41, 5.74) is 2.74. The molecule has 0 unspecified atom stereocenters. The van der Waals surface area contributed by atoms with E-state index in [2.05, 4.69) is 20.6 Å². The van der Waals surface area contributed by atoms with Gasteiger partial charge in [-0.1, -0.05) is 50.8 Å². The number of carbonyl (C=O) groups excluding carboxylic acids is 1. The number of fused-ring (bicyclic) bond motifs is 1. The number of nitrogens with one attached hydrogen (secondary N) is 2. The first kappa shape index (κ1) is 32.6. The van der Waals surface area contributed by atoms with E-state index >= 15 is 0 Å². The quantitative estimate of drug-likeness (QED) is 0.181. The number of hydrogen-bond acceptors (Lipinski definition) is 7. The third-order valence-corrected chi connectivity index (χ3v) is 6.29. The van der Waals surface area contributed by atoms with Gasteiger partial charge in [0.05, 0.1) is 16.6 Å². The van der Waals surface area contributed by atoms with Crippen LogP contribution in [0, 0.1) is 11.7 Å². The van der Waals surface area contributed by atoms with E-state index < -0.39 is 35.9 Å². The van der Waals surface area contributed by atoms with Crippen molar-refractivity contribution < 1.29 is 42.2 Å². The summed E-state index contributed by atoms with van der Waals surface area (Å²) in [5, 5.41) is 22.5. The molecule has 0 saturated heterocycles. The number of carboxylic acid groups (broad SMARTS) is 2. The number of amides is 1. The van der Waals surface area contributed by atoms with Crippen molar-refractivity contribution in [2.24, 2.45) is 5.92 Å². The Labute approximate surface area is 235 Å². The maximum absolute atomic E-state index is 14.8. The van der Waals surface area contributed by atoms with Crippen LogP contribution in [0.2, 0.25) is 0 Å². The summed E-state index contributed by atoms with van der Waals surface area (Å²) in [6.07, 6.45) is -1.74. The monoisotopic (exact) mass is 594 g/mol. The molecule has 0 spiro atoms. The molecule has 0 radical (unpaired) electrons. The molecule has 1 atom stereocenters. The van der Waals surface area contributed by atoms with Crippen molar-refractivity contribution >= 4 is 50.2 Å². The average Bonchev–Trinajstić information content (AvgIpc) is 3.30. The number of pyridine rings is 1. The summed E-state index contributed by atoms with van der Waals surface area (Å²) in [4.78, 5) is 41.0. The number of benzene rings is 2. The van der Waals surface area contributed by atoms with Crippen LogP contribution in [-0.4, -0.2) is 50.2 Å². The second-order valence-corrected chi connectivity index (χ2v) is 9.63. The number of halogens is 4. The number of thiazole rings is 1. The first-order valence-corrected chi connectivity index (χ1v) is 12.3. The predicted molar refractivity (Wildman–Crippen MR) is 147 cm³/mol. The van der Waals surface area contributed by atoms with Crippen LogP contribution in [0.5, 0.6) is 0 Å². The molecule has 0 aliphatic heterocycles. The molecular weight excluding hydrogens is 568 g/mol. The minimum Gasteiger partial charge on any atom is -0.480 e. The maximum Gasteiger partial charge on any atom is 0.490 e. The van der Waals surface area contributed by atoms with Crippen LogP contribution in [-0.2, 0) is 9.59 Å². The molecule has 41 heavy (non-hydrogen) atoms. The minimum atomic E-state index is -5.08. The van der Waals surface area contributed by atoms with Crippen molar-refractivity contribution in [3.05, 3.63) is 72.3 Å². The maximum atomic E-state index is 14.8. The van der Waals surface area contributed by atoms with Crippen LogP contribution < -0.4 is 10.6 Å². The Kier molecular flexibility index (Phi) is 10.9. The van der Waals surface area contributed by atoms with Gasteiger partial charge < -0.3 is 20.8 Å². The van der Waals surface area contributed by atoms with Gasteiger partial charge in [0, 0.05) is 11.8 Å². The van der Waals surface area contributed by atoms with Crippen LogP contribution in [0.4, 0.5) is 28.4 Å². The zero-order valence-electron chi connectivity index (χ0n) is 20.9. The molecule has 1 amide bonds. The lowest BCUT2D eigenvalue weighted by Crippen LogP contribution is -2.44. The van der Waals surface area contributed by atoms with E-state index in [0.29, 0.717) is 21.9 Å². The van der Waals surface area contributed by atoms with E-state index in [0.717, 1.165) is 15.8 Å². The smallest absolute Gasteiger partial charge is 0.480 e. The Morgan fingerprint density at radius 2 is 1.59 bits per heavy atom. The lowest BCUT2D eigenvalue weighted by atomic mass is 10.0. The van der Waals surface area contributed by atoms with Crippen LogP contribution in [0.1, 0.15) is 31.6 Å². The van der Waals surface area contributed by atoms with Crippen molar-refractivity contribution in [2.75, 3.05) is 5.32 Å². The third kappa shape index (κ3) is 8.70. The number of anilines is 2. The molecule has 4 N–H and O–H groups in total. The first-order valence-electron chi connectivity index (χ1n) is 11.5. The summed E-state index contributed by atoms with van der Waals surface area (Å²) >= 11 is 1.41. The summed E-state index contributed by atoms with van der Waals surface area (Å²) in [6.45, 7) is 3.45. The Bertz CT molecular complexity index is 1490. The summed E-state index contributed by atoms with van der Waals surface area (Å²) in [7, 11) is 0. The Morgan fingerprint density at radius 3 is 2.10 bits per heavy atom. The highest BCUT2D eigenvalue weighted by Gasteiger charge is 2.38. The van der Waals surface area contributed by atoms with Crippen molar-refractivity contribution in [2.45, 2.75) is 33.5 Å². The molecule has 0 aliphatic rings. The Morgan fingerprint density at radius 1 is 0.976 bits per heavy atom. The average molecular weight is 595 g/mol. The summed E-state index contributed by atoms with van der Waals surface area (Å²) in [6, 6.07) is 12.3. The lowest BCUT2D eigenvalue weighted by Gasteiger charge is -2.18. The topological polar surface area (TPSA) is 142 Å². The van der Waals surface area contributed by atoms with Gasteiger partial charge in [-0.3, -0.25) is 9.78 Å². The van der Waals surface area contributed by atoms with Gasteiger partial charge in [-0.05, 0) is 47.4 Å². The largest absolute Gasteiger partial charge is 0.490 e. The fraction of sp³-hybridized carbons (Fsp3) is 0.222. The van der Waals surface area contributed by atoms with Gasteiger partial charge in [0.2, 0.25) is 0 Å². The van der Waals surface area contributed by atoms with E-state index in [4.69, 9.17) is 9.90 Å². The van der Waals surface area contributed by atoms with Gasteiger partial charge in [0.1, 0.15) is 17.4 Å². The predicted octanol–water partition coefficient (Wildman–Crippen LogP) is 6.35. The number of hydrogen-bond donors (Lipinski definition) is 4. The van der Waals surface area contributed by atoms with E-state index in [1.807, 2.05) is 6.07 Å². The summed E-state index contributed by atoms with van der Waals surface area (Å²) in [5.74, 6) is -5.00. The highest BCUT2D eigenvalue weighted by atomic mass is 32.1. The van der Waals surface area contributed by atoms with Crippen molar-refractivity contribution in [3.8, 4) is 11.1 Å². The van der Waals surface area contributed by atoms with Gasteiger partial charge in [-0.25, -0.2) is 19.0 Å². The first-order chi connectivity index (χ1) is 18.8. The van der Waals surface area contributed by atoms with E-state index in [9.17, 15) is 32.3 Å². The standard InChI is InChI=1S/C24H21FN4O3S.C2HF3O2.CH4/c1-13(2)21(23(31)32)29-22(30)15-5-3-14(4-6-15)16-7-8-18(17(25)11-16)27-24-28-19-12-26-10-9-20(19)33-24;3-2(4,5)1(6)7;/h3-13,21H,1-2H3,(H,27,28)(H,29,30)(H,31,32);(H,6,7);1H4/t21-;;/m0../s1. The molecule has 218 valence electrons. The number of aromatic nitrogens is 2. The Balaban J connectivity index is 0.000000655. The van der Waals surface area contributed by atoms with E-state index in [1.165, 1.54) is 17.4 Å². The Hall–Kier alpha value is -4.59. The molecule has 2 aromatic carbocycles. The number of carbonyl (C=O) groups is 3. The fourth-order valence-electron chi connectivity index (χ4n) is 3.30. The van der Waals surface area contributed by atoms with Gasteiger partial charge in [0.25, 0.3) is 5.91 Å². The normalized spacial score (nSPS) is 11.6. The van der Waals surface area contributed by atoms with Crippen LogP contribution in [0.3, 0.4) is 0 Å². The zero-order chi connectivity index (χ0) is 29.6. The van der Waals surface area contributed by atoms with Gasteiger partial charge in [-0.15, -0.1) is 0 Å². The molecule has 14 heteroatoms. The number of carboxylic acids is 2. The van der Waals surface area contributed by atoms with Crippen LogP contribution >= 0.6 is 11.3 Å². The number of alkyl halides is 3. The molecule has 4 rings (SSSR count). The molecule has 4 aromatic rings.